The number of ether oxygens (including phenoxy) is 3. The lowest BCUT2D eigenvalue weighted by molar-refractivity contribution is 0.0952. The van der Waals surface area contributed by atoms with Crippen molar-refractivity contribution in [1.82, 2.24) is 15.5 Å². The normalized spacial score (nSPS) is 10.5. The third-order valence-corrected chi connectivity index (χ3v) is 4.82. The highest BCUT2D eigenvalue weighted by atomic mass is 16.5. The molecule has 0 saturated carbocycles. The number of carbonyl (C=O) groups excluding carboxylic acids is 1. The summed E-state index contributed by atoms with van der Waals surface area (Å²) in [6.07, 6.45) is 3.40. The average molecular weight is 425 g/mol. The molecule has 3 aromatic rings. The minimum Gasteiger partial charge on any atom is -0.497 e. The molecule has 164 valence electrons. The van der Waals surface area contributed by atoms with Crippen LogP contribution in [0.4, 0.5) is 0 Å². The Morgan fingerprint density at radius 1 is 0.935 bits per heavy atom. The summed E-state index contributed by atoms with van der Waals surface area (Å²) in [4.78, 5) is 16.7. The zero-order valence-electron chi connectivity index (χ0n) is 18.0. The Hall–Kier alpha value is -3.55. The summed E-state index contributed by atoms with van der Waals surface area (Å²) in [7, 11) is 4.73. The summed E-state index contributed by atoms with van der Waals surface area (Å²) < 4.78 is 20.9. The Bertz CT molecular complexity index is 985. The van der Waals surface area contributed by atoms with Gasteiger partial charge in [0.05, 0.1) is 21.3 Å². The van der Waals surface area contributed by atoms with Gasteiger partial charge in [-0.2, -0.15) is 4.98 Å². The molecular weight excluding hydrogens is 398 g/mol. The molecular formula is C23H27N3O5. The quantitative estimate of drug-likeness (QED) is 0.465. The van der Waals surface area contributed by atoms with E-state index in [1.807, 2.05) is 24.3 Å². The van der Waals surface area contributed by atoms with Crippen LogP contribution in [-0.2, 0) is 6.42 Å². The van der Waals surface area contributed by atoms with Crippen molar-refractivity contribution in [1.29, 1.82) is 0 Å². The van der Waals surface area contributed by atoms with Gasteiger partial charge in [-0.05, 0) is 55.3 Å². The first-order chi connectivity index (χ1) is 15.1. The number of aromatic nitrogens is 2. The maximum Gasteiger partial charge on any atom is 0.251 e. The van der Waals surface area contributed by atoms with Gasteiger partial charge >= 0.3 is 0 Å². The summed E-state index contributed by atoms with van der Waals surface area (Å²) in [6, 6.07) is 12.6. The van der Waals surface area contributed by atoms with Crippen LogP contribution in [0.1, 0.15) is 35.5 Å². The number of amides is 1. The standard InChI is InChI=1S/C23H27N3O5/c1-28-18-11-8-16(9-12-18)22-25-21(31-26-22)7-5-4-6-14-24-23(27)17-10-13-19(29-2)20(15-17)30-3/h8-13,15H,4-7,14H2,1-3H3,(H,24,27). The monoisotopic (exact) mass is 425 g/mol. The molecule has 3 rings (SSSR count). The zero-order chi connectivity index (χ0) is 22.1. The Balaban J connectivity index is 1.38. The second-order valence-electron chi connectivity index (χ2n) is 6.88. The summed E-state index contributed by atoms with van der Waals surface area (Å²) in [5, 5.41) is 6.96. The SMILES string of the molecule is COc1ccc(-c2noc(CCCCCNC(=O)c3ccc(OC)c(OC)c3)n2)cc1. The Morgan fingerprint density at radius 3 is 2.42 bits per heavy atom. The molecule has 0 spiro atoms. The van der Waals surface area contributed by atoms with Crippen molar-refractivity contribution in [3.05, 3.63) is 53.9 Å². The van der Waals surface area contributed by atoms with Crippen molar-refractivity contribution < 1.29 is 23.5 Å². The lowest BCUT2D eigenvalue weighted by Crippen LogP contribution is -2.24. The van der Waals surface area contributed by atoms with E-state index >= 15 is 0 Å². The highest BCUT2D eigenvalue weighted by Crippen LogP contribution is 2.27. The van der Waals surface area contributed by atoms with Gasteiger partial charge in [0.2, 0.25) is 11.7 Å². The first kappa shape index (κ1) is 22.1. The van der Waals surface area contributed by atoms with Crippen LogP contribution in [0.15, 0.2) is 47.0 Å². The largest absolute Gasteiger partial charge is 0.497 e. The van der Waals surface area contributed by atoms with E-state index in [4.69, 9.17) is 18.7 Å². The average Bonchev–Trinajstić information content (AvgIpc) is 3.29. The molecule has 1 amide bonds. The Labute approximate surface area is 181 Å². The van der Waals surface area contributed by atoms with E-state index in [2.05, 4.69) is 15.5 Å². The second-order valence-corrected chi connectivity index (χ2v) is 6.88. The highest BCUT2D eigenvalue weighted by Gasteiger charge is 2.11. The van der Waals surface area contributed by atoms with Crippen molar-refractivity contribution in [2.45, 2.75) is 25.7 Å². The van der Waals surface area contributed by atoms with Crippen molar-refractivity contribution >= 4 is 5.91 Å². The van der Waals surface area contributed by atoms with Crippen LogP contribution in [-0.4, -0.2) is 43.9 Å². The molecule has 8 nitrogen and oxygen atoms in total. The summed E-state index contributed by atoms with van der Waals surface area (Å²) in [6.45, 7) is 0.591. The first-order valence-corrected chi connectivity index (χ1v) is 10.1. The third-order valence-electron chi connectivity index (χ3n) is 4.82. The van der Waals surface area contributed by atoms with Gasteiger partial charge in [0.1, 0.15) is 5.75 Å². The summed E-state index contributed by atoms with van der Waals surface area (Å²) in [5.74, 6) is 2.95. The van der Waals surface area contributed by atoms with Crippen LogP contribution in [0.3, 0.4) is 0 Å². The van der Waals surface area contributed by atoms with Crippen LogP contribution in [0.2, 0.25) is 0 Å². The zero-order valence-corrected chi connectivity index (χ0v) is 18.0. The van der Waals surface area contributed by atoms with E-state index in [1.54, 1.807) is 39.5 Å². The number of nitrogens with zero attached hydrogens (tertiary/aromatic N) is 2. The van der Waals surface area contributed by atoms with Crippen LogP contribution in [0.25, 0.3) is 11.4 Å². The Kier molecular flexibility index (Phi) is 7.86. The van der Waals surface area contributed by atoms with E-state index in [1.165, 1.54) is 0 Å². The van der Waals surface area contributed by atoms with E-state index in [-0.39, 0.29) is 5.91 Å². The van der Waals surface area contributed by atoms with Crippen molar-refractivity contribution in [2.75, 3.05) is 27.9 Å². The maximum absolute atomic E-state index is 12.3. The van der Waals surface area contributed by atoms with E-state index in [0.29, 0.717) is 41.7 Å². The fraction of sp³-hybridized carbons (Fsp3) is 0.348. The predicted octanol–water partition coefficient (Wildman–Crippen LogP) is 3.91. The molecule has 0 atom stereocenters. The van der Waals surface area contributed by atoms with Gasteiger partial charge in [-0.25, -0.2) is 0 Å². The molecule has 31 heavy (non-hydrogen) atoms. The second kappa shape index (κ2) is 11.0. The number of methoxy groups -OCH3 is 3. The first-order valence-electron chi connectivity index (χ1n) is 10.1. The molecule has 0 unspecified atom stereocenters. The minimum absolute atomic E-state index is 0.137. The molecule has 0 aliphatic carbocycles. The van der Waals surface area contributed by atoms with Gasteiger partial charge in [0.15, 0.2) is 11.5 Å². The summed E-state index contributed by atoms with van der Waals surface area (Å²) >= 11 is 0. The Morgan fingerprint density at radius 2 is 1.71 bits per heavy atom. The van der Waals surface area contributed by atoms with E-state index < -0.39 is 0 Å². The molecule has 1 aromatic heterocycles. The van der Waals surface area contributed by atoms with Crippen LogP contribution >= 0.6 is 0 Å². The number of unbranched alkanes of at least 4 members (excludes halogenated alkanes) is 2. The molecule has 0 bridgehead atoms. The molecule has 2 aromatic carbocycles. The number of rotatable bonds is 11. The van der Waals surface area contributed by atoms with Crippen molar-refractivity contribution in [3.8, 4) is 28.6 Å². The molecule has 0 fully saturated rings. The molecule has 0 saturated heterocycles. The van der Waals surface area contributed by atoms with Gasteiger partial charge < -0.3 is 24.1 Å². The van der Waals surface area contributed by atoms with Crippen molar-refractivity contribution in [2.24, 2.45) is 0 Å². The van der Waals surface area contributed by atoms with Crippen LogP contribution < -0.4 is 19.5 Å². The molecule has 0 aliphatic heterocycles. The van der Waals surface area contributed by atoms with Crippen LogP contribution in [0, 0.1) is 0 Å². The molecule has 8 heteroatoms. The van der Waals surface area contributed by atoms with E-state index in [9.17, 15) is 4.79 Å². The number of hydrogen-bond acceptors (Lipinski definition) is 7. The van der Waals surface area contributed by atoms with Gasteiger partial charge in [0.25, 0.3) is 5.91 Å². The summed E-state index contributed by atoms with van der Waals surface area (Å²) in [5.41, 5.74) is 1.42. The molecule has 1 heterocycles. The van der Waals surface area contributed by atoms with Gasteiger partial charge in [0, 0.05) is 24.1 Å². The van der Waals surface area contributed by atoms with Crippen LogP contribution in [0.5, 0.6) is 17.2 Å². The fourth-order valence-electron chi connectivity index (χ4n) is 3.07. The molecule has 0 aliphatic rings. The lowest BCUT2D eigenvalue weighted by atomic mass is 10.1. The van der Waals surface area contributed by atoms with Gasteiger partial charge in [-0.3, -0.25) is 4.79 Å². The van der Waals surface area contributed by atoms with E-state index in [0.717, 1.165) is 30.6 Å². The minimum atomic E-state index is -0.137. The van der Waals surface area contributed by atoms with Crippen molar-refractivity contribution in [3.63, 3.8) is 0 Å². The lowest BCUT2D eigenvalue weighted by Gasteiger charge is -2.10. The number of benzene rings is 2. The fourth-order valence-corrected chi connectivity index (χ4v) is 3.07. The van der Waals surface area contributed by atoms with Gasteiger partial charge in [-0.1, -0.05) is 11.6 Å². The topological polar surface area (TPSA) is 95.7 Å². The molecule has 0 radical (unpaired) electrons. The third kappa shape index (κ3) is 5.97. The molecule has 1 N–H and O–H groups in total. The van der Waals surface area contributed by atoms with Gasteiger partial charge in [-0.15, -0.1) is 0 Å². The number of nitrogens with one attached hydrogen (secondary N) is 1. The maximum atomic E-state index is 12.3. The predicted molar refractivity (Wildman–Crippen MR) is 116 cm³/mol. The highest BCUT2D eigenvalue weighted by molar-refractivity contribution is 5.94. The smallest absolute Gasteiger partial charge is 0.251 e. The number of hydrogen-bond donors (Lipinski definition) is 1. The number of aryl methyl sites for hydroxylation is 1. The number of carbonyl (C=O) groups is 1.